The molecule has 3 amide bonds. The van der Waals surface area contributed by atoms with Crippen molar-refractivity contribution in [3.8, 4) is 0 Å². The molecular formula is C28H18Br2N2O4. The number of benzene rings is 4. The van der Waals surface area contributed by atoms with Gasteiger partial charge in [0.1, 0.15) is 0 Å². The van der Waals surface area contributed by atoms with Crippen molar-refractivity contribution in [2.45, 2.75) is 19.3 Å². The average molecular weight is 606 g/mol. The van der Waals surface area contributed by atoms with E-state index in [4.69, 9.17) is 0 Å². The molecule has 8 heteroatoms. The van der Waals surface area contributed by atoms with Crippen LogP contribution in [0.3, 0.4) is 0 Å². The fraction of sp³-hybridized carbons (Fsp3) is 0.107. The van der Waals surface area contributed by atoms with Gasteiger partial charge in [-0.25, -0.2) is 0 Å². The molecule has 0 saturated heterocycles. The van der Waals surface area contributed by atoms with Gasteiger partial charge in [0.15, 0.2) is 6.23 Å². The highest BCUT2D eigenvalue weighted by atomic mass is 79.9. The van der Waals surface area contributed by atoms with Crippen molar-refractivity contribution in [1.29, 1.82) is 0 Å². The molecule has 1 N–H and O–H groups in total. The summed E-state index contributed by atoms with van der Waals surface area (Å²) in [5.74, 6) is -1.26. The van der Waals surface area contributed by atoms with E-state index in [0.29, 0.717) is 42.0 Å². The minimum absolute atomic E-state index is 0.124. The first-order valence-electron chi connectivity index (χ1n) is 11.3. The molecule has 0 fully saturated rings. The summed E-state index contributed by atoms with van der Waals surface area (Å²) in [4.78, 5) is 43.5. The summed E-state index contributed by atoms with van der Waals surface area (Å²) >= 11 is 7.05. The zero-order chi connectivity index (χ0) is 25.1. The van der Waals surface area contributed by atoms with E-state index in [2.05, 4.69) is 31.9 Å². The molecule has 1 atom stereocenters. The Morgan fingerprint density at radius 2 is 1.25 bits per heavy atom. The van der Waals surface area contributed by atoms with Crippen LogP contribution in [0.25, 0.3) is 10.8 Å². The van der Waals surface area contributed by atoms with E-state index < -0.39 is 18.0 Å². The van der Waals surface area contributed by atoms with E-state index in [-0.39, 0.29) is 19.0 Å². The smallest absolute Gasteiger partial charge is 0.262 e. The van der Waals surface area contributed by atoms with E-state index in [0.717, 1.165) is 11.1 Å². The summed E-state index contributed by atoms with van der Waals surface area (Å²) < 4.78 is 0.930. The van der Waals surface area contributed by atoms with Gasteiger partial charge in [0.2, 0.25) is 0 Å². The molecule has 0 aromatic heterocycles. The third kappa shape index (κ3) is 3.43. The summed E-state index contributed by atoms with van der Waals surface area (Å²) in [6.07, 6.45) is -1.25. The molecule has 2 heterocycles. The fourth-order valence-corrected chi connectivity index (χ4v) is 6.27. The Hall–Kier alpha value is -3.33. The summed E-state index contributed by atoms with van der Waals surface area (Å²) in [6, 6.07) is 22.0. The van der Waals surface area contributed by atoms with Crippen molar-refractivity contribution >= 4 is 60.4 Å². The lowest BCUT2D eigenvalue weighted by molar-refractivity contribution is 0.000427. The van der Waals surface area contributed by atoms with Gasteiger partial charge in [-0.05, 0) is 39.2 Å². The number of aliphatic hydroxyl groups excluding tert-OH is 1. The lowest BCUT2D eigenvalue weighted by Crippen LogP contribution is -2.42. The molecule has 0 bridgehead atoms. The maximum absolute atomic E-state index is 13.6. The molecule has 2 aliphatic rings. The topological polar surface area (TPSA) is 77.9 Å². The minimum Gasteiger partial charge on any atom is -0.369 e. The van der Waals surface area contributed by atoms with Crippen molar-refractivity contribution in [1.82, 2.24) is 9.80 Å². The van der Waals surface area contributed by atoms with E-state index in [1.165, 1.54) is 9.80 Å². The van der Waals surface area contributed by atoms with Gasteiger partial charge in [0, 0.05) is 43.0 Å². The van der Waals surface area contributed by atoms with Gasteiger partial charge in [-0.2, -0.15) is 0 Å². The monoisotopic (exact) mass is 604 g/mol. The molecule has 36 heavy (non-hydrogen) atoms. The first-order chi connectivity index (χ1) is 17.4. The second-order valence-corrected chi connectivity index (χ2v) is 10.5. The summed E-state index contributed by atoms with van der Waals surface area (Å²) in [7, 11) is 0. The van der Waals surface area contributed by atoms with Crippen LogP contribution in [0.4, 0.5) is 0 Å². The Labute approximate surface area is 223 Å². The third-order valence-corrected chi connectivity index (χ3v) is 7.99. The number of rotatable bonds is 4. The van der Waals surface area contributed by atoms with Gasteiger partial charge in [-0.3, -0.25) is 19.3 Å². The average Bonchev–Trinajstić information content (AvgIpc) is 2.88. The van der Waals surface area contributed by atoms with Crippen LogP contribution in [0.5, 0.6) is 0 Å². The molecule has 178 valence electrons. The molecule has 2 aliphatic heterocycles. The van der Waals surface area contributed by atoms with Crippen molar-refractivity contribution in [3.63, 3.8) is 0 Å². The molecule has 4 aromatic rings. The molecule has 4 aromatic carbocycles. The Bertz CT molecular complexity index is 1590. The van der Waals surface area contributed by atoms with Crippen LogP contribution >= 0.6 is 31.9 Å². The molecule has 0 radical (unpaired) electrons. The number of imide groups is 1. The highest BCUT2D eigenvalue weighted by Crippen LogP contribution is 2.47. The molecule has 6 nitrogen and oxygen atoms in total. The number of aliphatic hydroxyl groups is 1. The number of hydrogen-bond donors (Lipinski definition) is 1. The van der Waals surface area contributed by atoms with Gasteiger partial charge in [-0.15, -0.1) is 0 Å². The van der Waals surface area contributed by atoms with Crippen molar-refractivity contribution in [2.24, 2.45) is 0 Å². The molecular weight excluding hydrogens is 588 g/mol. The van der Waals surface area contributed by atoms with Crippen LogP contribution < -0.4 is 0 Å². The number of nitrogens with zero attached hydrogens (tertiary/aromatic N) is 2. The maximum atomic E-state index is 13.6. The van der Waals surface area contributed by atoms with E-state index in [9.17, 15) is 19.5 Å². The van der Waals surface area contributed by atoms with E-state index >= 15 is 0 Å². The highest BCUT2D eigenvalue weighted by molar-refractivity contribution is 9.10. The Morgan fingerprint density at radius 3 is 1.89 bits per heavy atom. The molecule has 0 aliphatic carbocycles. The number of carbonyl (C=O) groups is 3. The maximum Gasteiger partial charge on any atom is 0.262 e. The van der Waals surface area contributed by atoms with Crippen molar-refractivity contribution in [2.75, 3.05) is 0 Å². The number of hydrogen-bond acceptors (Lipinski definition) is 4. The largest absolute Gasteiger partial charge is 0.369 e. The first kappa shape index (κ1) is 23.1. The van der Waals surface area contributed by atoms with E-state index in [1.54, 1.807) is 12.1 Å². The Balaban J connectivity index is 1.53. The number of halogens is 2. The van der Waals surface area contributed by atoms with Gasteiger partial charge in [0.05, 0.1) is 12.1 Å². The highest BCUT2D eigenvalue weighted by Gasteiger charge is 2.42. The zero-order valence-electron chi connectivity index (χ0n) is 18.7. The second-order valence-electron chi connectivity index (χ2n) is 8.82. The first-order valence-corrected chi connectivity index (χ1v) is 12.9. The normalized spacial score (nSPS) is 16.8. The standard InChI is InChI=1S/C28H18Br2N2O4/c29-19-12-18-22-21-17(25(33)31(27(35)23(19)21)13-15-7-3-1-4-8-15)11-20(30)24(22)28(36)32(26(18)34)14-16-9-5-2-6-10-16/h1-12,27,35H,13-14H2. The summed E-state index contributed by atoms with van der Waals surface area (Å²) in [5.41, 5.74) is 3.11. The van der Waals surface area contributed by atoms with Crippen LogP contribution in [0, 0.1) is 0 Å². The fourth-order valence-electron chi connectivity index (χ4n) is 5.04. The molecule has 0 spiro atoms. The molecule has 6 rings (SSSR count). The lowest BCUT2D eigenvalue weighted by atomic mass is 9.85. The van der Waals surface area contributed by atoms with Crippen LogP contribution in [0.15, 0.2) is 81.7 Å². The van der Waals surface area contributed by atoms with Crippen LogP contribution in [0.1, 0.15) is 54.0 Å². The predicted molar refractivity (Wildman–Crippen MR) is 141 cm³/mol. The van der Waals surface area contributed by atoms with Gasteiger partial charge in [0.25, 0.3) is 17.7 Å². The second kappa shape index (κ2) is 8.65. The van der Waals surface area contributed by atoms with E-state index in [1.807, 2.05) is 60.7 Å². The minimum atomic E-state index is -1.25. The predicted octanol–water partition coefficient (Wildman–Crippen LogP) is 5.81. The Kier molecular flexibility index (Phi) is 5.55. The SMILES string of the molecule is O=C1c2cc(Br)c3c4c(cc(Br)c(c24)C(=O)N1Cc1ccccc1)C(=O)N(Cc1ccccc1)C3O. The van der Waals surface area contributed by atoms with Crippen molar-refractivity contribution in [3.05, 3.63) is 115 Å². The van der Waals surface area contributed by atoms with Crippen LogP contribution in [-0.2, 0) is 13.1 Å². The van der Waals surface area contributed by atoms with Crippen molar-refractivity contribution < 1.29 is 19.5 Å². The summed E-state index contributed by atoms with van der Waals surface area (Å²) in [5, 5.41) is 12.2. The van der Waals surface area contributed by atoms with Gasteiger partial charge < -0.3 is 10.0 Å². The zero-order valence-corrected chi connectivity index (χ0v) is 21.9. The lowest BCUT2D eigenvalue weighted by Gasteiger charge is -2.37. The van der Waals surface area contributed by atoms with Gasteiger partial charge >= 0.3 is 0 Å². The molecule has 1 unspecified atom stereocenters. The van der Waals surface area contributed by atoms with Gasteiger partial charge in [-0.1, -0.05) is 76.6 Å². The van der Waals surface area contributed by atoms with Crippen LogP contribution in [-0.4, -0.2) is 32.6 Å². The summed E-state index contributed by atoms with van der Waals surface area (Å²) in [6.45, 7) is 0.331. The quantitative estimate of drug-likeness (QED) is 0.298. The van der Waals surface area contributed by atoms with Crippen LogP contribution in [0.2, 0.25) is 0 Å². The third-order valence-electron chi connectivity index (χ3n) is 6.70. The Morgan fingerprint density at radius 1 is 0.694 bits per heavy atom. The number of amides is 3. The molecule has 0 saturated carbocycles. The number of carbonyl (C=O) groups excluding carboxylic acids is 3.